The number of benzene rings is 2. The highest BCUT2D eigenvalue weighted by atomic mass is 16.1. The zero-order chi connectivity index (χ0) is 18.1. The second kappa shape index (κ2) is 7.02. The average Bonchev–Trinajstić information content (AvgIpc) is 2.98. The van der Waals surface area contributed by atoms with Crippen LogP contribution in [0.4, 0.5) is 0 Å². The molecule has 0 spiro atoms. The van der Waals surface area contributed by atoms with Gasteiger partial charge in [-0.05, 0) is 47.1 Å². The van der Waals surface area contributed by atoms with Gasteiger partial charge in [-0.1, -0.05) is 82.3 Å². The van der Waals surface area contributed by atoms with E-state index in [9.17, 15) is 4.79 Å². The molecule has 0 amide bonds. The van der Waals surface area contributed by atoms with E-state index in [4.69, 9.17) is 0 Å². The summed E-state index contributed by atoms with van der Waals surface area (Å²) in [5, 5.41) is 0. The summed E-state index contributed by atoms with van der Waals surface area (Å²) in [5.74, 6) is 0.945. The van der Waals surface area contributed by atoms with Crippen LogP contribution in [-0.2, 0) is 5.41 Å². The summed E-state index contributed by atoms with van der Waals surface area (Å²) in [4.78, 5) is 13.0. The molecule has 0 heterocycles. The minimum atomic E-state index is 0.0626. The standard InChI is InChI=1S/C25H30O/c1-3-25(4-2)22-13-9-8-12-20(22)21-15-14-19(17-23(21)25)24(26)16-18-10-6-5-7-11-18/h8-9,12-15,17-18H,3-7,10-11,16H2,1-2H3. The molecule has 1 heteroatoms. The van der Waals surface area contributed by atoms with Crippen molar-refractivity contribution in [1.29, 1.82) is 0 Å². The Balaban J connectivity index is 1.70. The molecule has 4 rings (SSSR count). The van der Waals surface area contributed by atoms with Crippen molar-refractivity contribution in [2.45, 2.75) is 70.6 Å². The van der Waals surface area contributed by atoms with Crippen molar-refractivity contribution in [3.05, 3.63) is 59.2 Å². The first-order valence-electron chi connectivity index (χ1n) is 10.5. The van der Waals surface area contributed by atoms with Crippen LogP contribution < -0.4 is 0 Å². The van der Waals surface area contributed by atoms with Gasteiger partial charge in [-0.25, -0.2) is 0 Å². The number of fused-ring (bicyclic) bond motifs is 3. The van der Waals surface area contributed by atoms with Crippen LogP contribution in [0.2, 0.25) is 0 Å². The molecule has 1 saturated carbocycles. The maximum atomic E-state index is 13.0. The maximum Gasteiger partial charge on any atom is 0.163 e. The summed E-state index contributed by atoms with van der Waals surface area (Å²) in [6.07, 6.45) is 9.29. The van der Waals surface area contributed by atoms with E-state index in [1.807, 2.05) is 0 Å². The van der Waals surface area contributed by atoms with Gasteiger partial charge in [-0.3, -0.25) is 4.79 Å². The number of Topliss-reactive ketones (excluding diaryl/α,β-unsaturated/α-hetero) is 1. The van der Waals surface area contributed by atoms with Gasteiger partial charge in [0.1, 0.15) is 0 Å². The molecule has 0 bridgehead atoms. The molecule has 136 valence electrons. The van der Waals surface area contributed by atoms with Crippen molar-refractivity contribution in [1.82, 2.24) is 0 Å². The molecule has 1 fully saturated rings. The molecule has 0 saturated heterocycles. The molecule has 0 N–H and O–H groups in total. The van der Waals surface area contributed by atoms with Crippen LogP contribution in [0.1, 0.15) is 86.7 Å². The number of rotatable bonds is 5. The largest absolute Gasteiger partial charge is 0.294 e. The van der Waals surface area contributed by atoms with Gasteiger partial charge < -0.3 is 0 Å². The zero-order valence-corrected chi connectivity index (χ0v) is 16.2. The summed E-state index contributed by atoms with van der Waals surface area (Å²) in [5.41, 5.74) is 6.49. The summed E-state index contributed by atoms with van der Waals surface area (Å²) in [6, 6.07) is 15.3. The second-order valence-electron chi connectivity index (χ2n) is 8.23. The number of ketones is 1. The molecule has 0 radical (unpaired) electrons. The predicted octanol–water partition coefficient (Wildman–Crippen LogP) is 6.93. The molecule has 1 nitrogen and oxygen atoms in total. The molecule has 0 atom stereocenters. The molecule has 2 aromatic carbocycles. The third-order valence-corrected chi connectivity index (χ3v) is 7.00. The highest BCUT2D eigenvalue weighted by Crippen LogP contribution is 2.52. The van der Waals surface area contributed by atoms with Crippen LogP contribution in [0.3, 0.4) is 0 Å². The minimum Gasteiger partial charge on any atom is -0.294 e. The van der Waals surface area contributed by atoms with Gasteiger partial charge in [-0.2, -0.15) is 0 Å². The van der Waals surface area contributed by atoms with Crippen LogP contribution in [0.5, 0.6) is 0 Å². The first-order valence-corrected chi connectivity index (χ1v) is 10.5. The monoisotopic (exact) mass is 346 g/mol. The maximum absolute atomic E-state index is 13.0. The van der Waals surface area contributed by atoms with Crippen LogP contribution in [0.15, 0.2) is 42.5 Å². The van der Waals surface area contributed by atoms with Crippen LogP contribution in [0, 0.1) is 5.92 Å². The lowest BCUT2D eigenvalue weighted by Gasteiger charge is -2.30. The third-order valence-electron chi connectivity index (χ3n) is 7.00. The van der Waals surface area contributed by atoms with E-state index in [0.29, 0.717) is 11.7 Å². The van der Waals surface area contributed by atoms with E-state index in [1.165, 1.54) is 54.4 Å². The first kappa shape index (κ1) is 17.5. The van der Waals surface area contributed by atoms with Crippen LogP contribution >= 0.6 is 0 Å². The predicted molar refractivity (Wildman–Crippen MR) is 109 cm³/mol. The number of hydrogen-bond donors (Lipinski definition) is 0. The van der Waals surface area contributed by atoms with Crippen LogP contribution in [-0.4, -0.2) is 5.78 Å². The van der Waals surface area contributed by atoms with E-state index in [0.717, 1.165) is 24.8 Å². The van der Waals surface area contributed by atoms with Gasteiger partial charge in [0.15, 0.2) is 5.78 Å². The van der Waals surface area contributed by atoms with E-state index in [-0.39, 0.29) is 5.41 Å². The van der Waals surface area contributed by atoms with E-state index in [1.54, 1.807) is 0 Å². The fraction of sp³-hybridized carbons (Fsp3) is 0.480. The fourth-order valence-corrected chi connectivity index (χ4v) is 5.41. The Bertz CT molecular complexity index is 807. The van der Waals surface area contributed by atoms with Crippen molar-refractivity contribution < 1.29 is 4.79 Å². The lowest BCUT2D eigenvalue weighted by molar-refractivity contribution is 0.0950. The third kappa shape index (κ3) is 2.73. The number of hydrogen-bond acceptors (Lipinski definition) is 1. The molecule has 2 aliphatic rings. The SMILES string of the molecule is CCC1(CC)c2ccccc2-c2ccc(C(=O)CC3CCCCC3)cc21. The summed E-state index contributed by atoms with van der Waals surface area (Å²) in [6.45, 7) is 4.57. The highest BCUT2D eigenvalue weighted by molar-refractivity contribution is 5.98. The Morgan fingerprint density at radius 3 is 2.35 bits per heavy atom. The molecule has 26 heavy (non-hydrogen) atoms. The summed E-state index contributed by atoms with van der Waals surface area (Å²) >= 11 is 0. The van der Waals surface area contributed by atoms with Crippen molar-refractivity contribution in [2.24, 2.45) is 5.92 Å². The molecule has 0 aliphatic heterocycles. The number of carbonyl (C=O) groups is 1. The molecular weight excluding hydrogens is 316 g/mol. The first-order chi connectivity index (χ1) is 12.7. The molecule has 0 unspecified atom stereocenters. The normalized spacial score (nSPS) is 18.4. The Hall–Kier alpha value is -1.89. The Morgan fingerprint density at radius 2 is 1.62 bits per heavy atom. The van der Waals surface area contributed by atoms with Crippen LogP contribution in [0.25, 0.3) is 11.1 Å². The van der Waals surface area contributed by atoms with Crippen molar-refractivity contribution in [3.63, 3.8) is 0 Å². The fourth-order valence-electron chi connectivity index (χ4n) is 5.41. The van der Waals surface area contributed by atoms with E-state index < -0.39 is 0 Å². The van der Waals surface area contributed by atoms with Gasteiger partial charge in [-0.15, -0.1) is 0 Å². The zero-order valence-electron chi connectivity index (χ0n) is 16.2. The Labute approximate surface area is 157 Å². The summed E-state index contributed by atoms with van der Waals surface area (Å²) < 4.78 is 0. The quantitative estimate of drug-likeness (QED) is 0.537. The lowest BCUT2D eigenvalue weighted by atomic mass is 9.73. The van der Waals surface area contributed by atoms with Crippen molar-refractivity contribution in [3.8, 4) is 11.1 Å². The molecule has 2 aromatic rings. The van der Waals surface area contributed by atoms with Gasteiger partial charge in [0.25, 0.3) is 0 Å². The molecular formula is C25H30O. The van der Waals surface area contributed by atoms with Gasteiger partial charge in [0, 0.05) is 17.4 Å². The van der Waals surface area contributed by atoms with Crippen molar-refractivity contribution >= 4 is 5.78 Å². The molecule has 0 aromatic heterocycles. The Kier molecular flexibility index (Phi) is 4.73. The highest BCUT2D eigenvalue weighted by Gasteiger charge is 2.40. The van der Waals surface area contributed by atoms with E-state index >= 15 is 0 Å². The average molecular weight is 347 g/mol. The summed E-state index contributed by atoms with van der Waals surface area (Å²) in [7, 11) is 0. The topological polar surface area (TPSA) is 17.1 Å². The lowest BCUT2D eigenvalue weighted by Crippen LogP contribution is -2.23. The molecule has 2 aliphatic carbocycles. The minimum absolute atomic E-state index is 0.0626. The van der Waals surface area contributed by atoms with E-state index in [2.05, 4.69) is 56.3 Å². The number of carbonyl (C=O) groups excluding carboxylic acids is 1. The van der Waals surface area contributed by atoms with Crippen molar-refractivity contribution in [2.75, 3.05) is 0 Å². The van der Waals surface area contributed by atoms with Gasteiger partial charge in [0.2, 0.25) is 0 Å². The van der Waals surface area contributed by atoms with Gasteiger partial charge in [0.05, 0.1) is 0 Å². The van der Waals surface area contributed by atoms with Gasteiger partial charge >= 0.3 is 0 Å². The smallest absolute Gasteiger partial charge is 0.163 e. The Morgan fingerprint density at radius 1 is 0.923 bits per heavy atom. The second-order valence-corrected chi connectivity index (χ2v) is 8.23.